The minimum absolute atomic E-state index is 0.0298. The molecule has 3 aromatic rings. The van der Waals surface area contributed by atoms with Crippen molar-refractivity contribution in [1.82, 2.24) is 14.9 Å². The van der Waals surface area contributed by atoms with Crippen molar-refractivity contribution >= 4 is 23.0 Å². The SMILES string of the molecule is CC(C)n1ccc(C2C(c3ccccn3)NC(=S)N2c2ccc3c(c2)OCO3)c1. The van der Waals surface area contributed by atoms with E-state index in [4.69, 9.17) is 21.7 Å². The molecule has 6 nitrogen and oxygen atoms in total. The Labute approximate surface area is 175 Å². The molecule has 5 rings (SSSR count). The first kappa shape index (κ1) is 18.0. The molecular formula is C22H22N4O2S. The van der Waals surface area contributed by atoms with E-state index >= 15 is 0 Å². The topological polar surface area (TPSA) is 51.6 Å². The summed E-state index contributed by atoms with van der Waals surface area (Å²) in [5.41, 5.74) is 3.10. The molecule has 2 unspecified atom stereocenters. The van der Waals surface area contributed by atoms with Gasteiger partial charge in [-0.05, 0) is 62.0 Å². The first-order chi connectivity index (χ1) is 14.1. The molecule has 1 fully saturated rings. The Kier molecular flexibility index (Phi) is 4.39. The number of rotatable bonds is 4. The largest absolute Gasteiger partial charge is 0.454 e. The highest BCUT2D eigenvalue weighted by molar-refractivity contribution is 7.80. The molecule has 2 aliphatic heterocycles. The lowest BCUT2D eigenvalue weighted by molar-refractivity contribution is 0.174. The van der Waals surface area contributed by atoms with Crippen LogP contribution in [0.1, 0.15) is 43.2 Å². The van der Waals surface area contributed by atoms with Gasteiger partial charge < -0.3 is 24.3 Å². The van der Waals surface area contributed by atoms with Crippen LogP contribution in [0.25, 0.3) is 0 Å². The molecule has 2 aromatic heterocycles. The molecule has 1 N–H and O–H groups in total. The number of hydrogen-bond acceptors (Lipinski definition) is 4. The van der Waals surface area contributed by atoms with Crippen molar-refractivity contribution in [1.29, 1.82) is 0 Å². The van der Waals surface area contributed by atoms with Gasteiger partial charge in [0.2, 0.25) is 6.79 Å². The fourth-order valence-electron chi connectivity index (χ4n) is 3.93. The van der Waals surface area contributed by atoms with Gasteiger partial charge in [0.05, 0.1) is 17.8 Å². The highest BCUT2D eigenvalue weighted by atomic mass is 32.1. The zero-order valence-electron chi connectivity index (χ0n) is 16.3. The second kappa shape index (κ2) is 7.08. The summed E-state index contributed by atoms with van der Waals surface area (Å²) in [6, 6.07) is 14.4. The number of thiocarbonyl (C=S) groups is 1. The second-order valence-electron chi connectivity index (χ2n) is 7.52. The highest BCUT2D eigenvalue weighted by Gasteiger charge is 2.41. The molecule has 0 aliphatic carbocycles. The van der Waals surface area contributed by atoms with Gasteiger partial charge in [-0.3, -0.25) is 4.98 Å². The van der Waals surface area contributed by atoms with Crippen molar-refractivity contribution in [2.75, 3.05) is 11.7 Å². The maximum absolute atomic E-state index is 5.77. The van der Waals surface area contributed by atoms with Crippen LogP contribution in [0.2, 0.25) is 0 Å². The van der Waals surface area contributed by atoms with E-state index < -0.39 is 0 Å². The Morgan fingerprint density at radius 2 is 2.00 bits per heavy atom. The van der Waals surface area contributed by atoms with Crippen molar-refractivity contribution in [2.24, 2.45) is 0 Å². The molecule has 29 heavy (non-hydrogen) atoms. The van der Waals surface area contributed by atoms with Gasteiger partial charge >= 0.3 is 0 Å². The van der Waals surface area contributed by atoms with Crippen molar-refractivity contribution in [3.05, 3.63) is 72.3 Å². The van der Waals surface area contributed by atoms with Gasteiger partial charge in [-0.15, -0.1) is 0 Å². The van der Waals surface area contributed by atoms with Crippen molar-refractivity contribution in [3.63, 3.8) is 0 Å². The fraction of sp³-hybridized carbons (Fsp3) is 0.273. The van der Waals surface area contributed by atoms with Gasteiger partial charge in [0, 0.05) is 36.4 Å². The number of fused-ring (bicyclic) bond motifs is 1. The van der Waals surface area contributed by atoms with Crippen LogP contribution >= 0.6 is 12.2 Å². The Morgan fingerprint density at radius 1 is 1.14 bits per heavy atom. The number of pyridine rings is 1. The summed E-state index contributed by atoms with van der Waals surface area (Å²) < 4.78 is 13.3. The highest BCUT2D eigenvalue weighted by Crippen LogP contribution is 2.44. The molecule has 1 saturated heterocycles. The van der Waals surface area contributed by atoms with Crippen molar-refractivity contribution in [3.8, 4) is 11.5 Å². The molecule has 0 saturated carbocycles. The lowest BCUT2D eigenvalue weighted by atomic mass is 9.98. The minimum atomic E-state index is -0.0582. The van der Waals surface area contributed by atoms with Crippen LogP contribution < -0.4 is 19.7 Å². The quantitative estimate of drug-likeness (QED) is 0.650. The van der Waals surface area contributed by atoms with E-state index in [1.807, 2.05) is 42.6 Å². The fourth-order valence-corrected chi connectivity index (χ4v) is 4.28. The van der Waals surface area contributed by atoms with Crippen LogP contribution in [-0.4, -0.2) is 21.5 Å². The smallest absolute Gasteiger partial charge is 0.231 e. The Bertz CT molecular complexity index is 1050. The van der Waals surface area contributed by atoms with Gasteiger partial charge in [-0.25, -0.2) is 0 Å². The molecule has 2 atom stereocenters. The van der Waals surface area contributed by atoms with E-state index in [2.05, 4.69) is 52.1 Å². The first-order valence-corrected chi connectivity index (χ1v) is 10.1. The predicted molar refractivity (Wildman–Crippen MR) is 115 cm³/mol. The molecular weight excluding hydrogens is 384 g/mol. The standard InChI is InChI=1S/C22H22N4O2S/c1-14(2)25-10-8-15(12-25)21-20(17-5-3-4-9-23-17)24-22(29)26(21)16-6-7-18-19(11-16)28-13-27-18/h3-12,14,20-21H,13H2,1-2H3,(H,24,29). The Morgan fingerprint density at radius 3 is 2.76 bits per heavy atom. The normalized spacial score (nSPS) is 20.4. The lowest BCUT2D eigenvalue weighted by Gasteiger charge is -2.27. The van der Waals surface area contributed by atoms with Crippen LogP contribution in [0.5, 0.6) is 11.5 Å². The molecule has 0 bridgehead atoms. The van der Waals surface area contributed by atoms with Gasteiger partial charge in [0.15, 0.2) is 16.6 Å². The summed E-state index contributed by atoms with van der Waals surface area (Å²) >= 11 is 5.77. The number of anilines is 1. The zero-order chi connectivity index (χ0) is 20.0. The van der Waals surface area contributed by atoms with Gasteiger partial charge in [-0.2, -0.15) is 0 Å². The maximum atomic E-state index is 5.77. The zero-order valence-corrected chi connectivity index (χ0v) is 17.1. The summed E-state index contributed by atoms with van der Waals surface area (Å²) in [5.74, 6) is 1.50. The molecule has 2 aliphatic rings. The summed E-state index contributed by atoms with van der Waals surface area (Å²) in [6.45, 7) is 4.60. The molecule has 0 radical (unpaired) electrons. The third-order valence-electron chi connectivity index (χ3n) is 5.41. The second-order valence-corrected chi connectivity index (χ2v) is 7.91. The van der Waals surface area contributed by atoms with E-state index in [9.17, 15) is 0 Å². The van der Waals surface area contributed by atoms with Crippen LogP contribution in [-0.2, 0) is 0 Å². The molecule has 148 valence electrons. The van der Waals surface area contributed by atoms with Gasteiger partial charge in [-0.1, -0.05) is 6.07 Å². The Balaban J connectivity index is 1.60. The number of benzene rings is 1. The van der Waals surface area contributed by atoms with Gasteiger partial charge in [0.25, 0.3) is 0 Å². The number of aromatic nitrogens is 2. The average molecular weight is 407 g/mol. The van der Waals surface area contributed by atoms with Crippen molar-refractivity contribution < 1.29 is 9.47 Å². The van der Waals surface area contributed by atoms with Crippen LogP contribution in [0.4, 0.5) is 5.69 Å². The molecule has 1 aromatic carbocycles. The number of hydrogen-bond donors (Lipinski definition) is 1. The van der Waals surface area contributed by atoms with Crippen LogP contribution in [0, 0.1) is 0 Å². The van der Waals surface area contributed by atoms with Crippen LogP contribution in [0.3, 0.4) is 0 Å². The average Bonchev–Trinajstić information content (AvgIpc) is 3.46. The maximum Gasteiger partial charge on any atom is 0.231 e. The molecule has 4 heterocycles. The summed E-state index contributed by atoms with van der Waals surface area (Å²) in [5, 5.41) is 4.16. The third-order valence-corrected chi connectivity index (χ3v) is 5.72. The summed E-state index contributed by atoms with van der Waals surface area (Å²) in [7, 11) is 0. The summed E-state index contributed by atoms with van der Waals surface area (Å²) in [4.78, 5) is 6.75. The third kappa shape index (κ3) is 3.11. The predicted octanol–water partition coefficient (Wildman–Crippen LogP) is 4.37. The van der Waals surface area contributed by atoms with Crippen LogP contribution in [0.15, 0.2) is 61.1 Å². The number of nitrogens with one attached hydrogen (secondary N) is 1. The van der Waals surface area contributed by atoms with E-state index in [0.29, 0.717) is 11.2 Å². The Hall–Kier alpha value is -3.06. The number of nitrogens with zero attached hydrogens (tertiary/aromatic N) is 3. The minimum Gasteiger partial charge on any atom is -0.454 e. The number of ether oxygens (including phenoxy) is 2. The van der Waals surface area contributed by atoms with E-state index in [-0.39, 0.29) is 18.9 Å². The van der Waals surface area contributed by atoms with E-state index in [0.717, 1.165) is 22.9 Å². The van der Waals surface area contributed by atoms with Gasteiger partial charge in [0.1, 0.15) is 0 Å². The molecule has 0 amide bonds. The monoisotopic (exact) mass is 406 g/mol. The van der Waals surface area contributed by atoms with Crippen molar-refractivity contribution in [2.45, 2.75) is 32.0 Å². The first-order valence-electron chi connectivity index (χ1n) is 9.69. The summed E-state index contributed by atoms with van der Waals surface area (Å²) in [6.07, 6.45) is 6.13. The molecule has 7 heteroatoms. The molecule has 0 spiro atoms. The van der Waals surface area contributed by atoms with E-state index in [1.165, 1.54) is 5.56 Å². The lowest BCUT2D eigenvalue weighted by Crippen LogP contribution is -2.29. The van der Waals surface area contributed by atoms with E-state index in [1.54, 1.807) is 0 Å².